The van der Waals surface area contributed by atoms with Crippen LogP contribution in [0.3, 0.4) is 0 Å². The average Bonchev–Trinajstić information content (AvgIpc) is 2.95. The number of rotatable bonds is 4. The Morgan fingerprint density at radius 1 is 1.30 bits per heavy atom. The van der Waals surface area contributed by atoms with Gasteiger partial charge in [0, 0.05) is 19.2 Å². The third-order valence-corrected chi connectivity index (χ3v) is 3.06. The van der Waals surface area contributed by atoms with Crippen LogP contribution in [-0.2, 0) is 4.79 Å². The van der Waals surface area contributed by atoms with Gasteiger partial charge < -0.3 is 19.8 Å². The molecule has 108 valence electrons. The molecular weight excluding hydrogens is 266 g/mol. The quantitative estimate of drug-likeness (QED) is 0.810. The lowest BCUT2D eigenvalue weighted by Crippen LogP contribution is -2.42. The fourth-order valence-corrected chi connectivity index (χ4v) is 1.98. The van der Waals surface area contributed by atoms with Crippen LogP contribution >= 0.6 is 0 Å². The number of carbonyl (C=O) groups is 3. The van der Waals surface area contributed by atoms with Crippen molar-refractivity contribution in [3.8, 4) is 0 Å². The number of piperidine rings is 1. The third kappa shape index (κ3) is 3.34. The minimum Gasteiger partial charge on any atom is -0.475 e. The minimum atomic E-state index is -1.30. The molecule has 0 aliphatic carbocycles. The van der Waals surface area contributed by atoms with Crippen molar-refractivity contribution >= 4 is 17.8 Å². The zero-order chi connectivity index (χ0) is 14.5. The van der Waals surface area contributed by atoms with Crippen molar-refractivity contribution in [2.45, 2.75) is 19.3 Å². The van der Waals surface area contributed by atoms with Crippen molar-refractivity contribution in [1.82, 2.24) is 15.4 Å². The van der Waals surface area contributed by atoms with Gasteiger partial charge in [-0.3, -0.25) is 9.59 Å². The van der Waals surface area contributed by atoms with E-state index >= 15 is 0 Å². The van der Waals surface area contributed by atoms with Crippen LogP contribution in [0.15, 0.2) is 10.6 Å². The van der Waals surface area contributed by atoms with Gasteiger partial charge in [-0.25, -0.2) is 4.79 Å². The van der Waals surface area contributed by atoms with E-state index in [4.69, 9.17) is 5.11 Å². The smallest absolute Gasteiger partial charge is 0.374 e. The summed E-state index contributed by atoms with van der Waals surface area (Å²) >= 11 is 0. The van der Waals surface area contributed by atoms with Crippen LogP contribution in [0.5, 0.6) is 0 Å². The highest BCUT2D eigenvalue weighted by Crippen LogP contribution is 2.08. The van der Waals surface area contributed by atoms with Gasteiger partial charge in [0.25, 0.3) is 5.91 Å². The number of hydrogen-bond donors (Lipinski definition) is 2. The third-order valence-electron chi connectivity index (χ3n) is 3.06. The van der Waals surface area contributed by atoms with Crippen LogP contribution in [0.4, 0.5) is 0 Å². The number of nitrogens with one attached hydrogen (secondary N) is 1. The SMILES string of the molecule is O=C(NCC(=O)N1CCCCC1)c1cc(C(=O)O)on1. The van der Waals surface area contributed by atoms with Gasteiger partial charge in [0.15, 0.2) is 5.69 Å². The number of aromatic carboxylic acids is 1. The summed E-state index contributed by atoms with van der Waals surface area (Å²) < 4.78 is 4.46. The maximum Gasteiger partial charge on any atom is 0.374 e. The first kappa shape index (κ1) is 14.0. The molecule has 0 unspecified atom stereocenters. The normalized spacial score (nSPS) is 14.9. The van der Waals surface area contributed by atoms with E-state index in [-0.39, 0.29) is 18.1 Å². The highest BCUT2D eigenvalue weighted by Gasteiger charge is 2.20. The predicted octanol–water partition coefficient (Wildman–Crippen LogP) is 0.115. The fourth-order valence-electron chi connectivity index (χ4n) is 1.98. The molecule has 0 spiro atoms. The first-order valence-corrected chi connectivity index (χ1v) is 6.34. The molecule has 2 N–H and O–H groups in total. The van der Waals surface area contributed by atoms with Gasteiger partial charge in [-0.1, -0.05) is 5.16 Å². The number of carboxylic acids is 1. The molecule has 1 aliphatic rings. The van der Waals surface area contributed by atoms with Crippen LogP contribution in [0.25, 0.3) is 0 Å². The molecule has 0 saturated carbocycles. The topological polar surface area (TPSA) is 113 Å². The highest BCUT2D eigenvalue weighted by molar-refractivity contribution is 5.96. The lowest BCUT2D eigenvalue weighted by atomic mass is 10.1. The Bertz CT molecular complexity index is 519. The van der Waals surface area contributed by atoms with E-state index in [9.17, 15) is 14.4 Å². The molecule has 1 fully saturated rings. The second kappa shape index (κ2) is 6.18. The van der Waals surface area contributed by atoms with Gasteiger partial charge in [0.2, 0.25) is 11.7 Å². The Balaban J connectivity index is 1.84. The Labute approximate surface area is 114 Å². The second-order valence-electron chi connectivity index (χ2n) is 4.51. The number of hydrogen-bond acceptors (Lipinski definition) is 5. The molecule has 0 bridgehead atoms. The molecule has 0 radical (unpaired) electrons. The van der Waals surface area contributed by atoms with E-state index in [1.54, 1.807) is 4.90 Å². The fraction of sp³-hybridized carbons (Fsp3) is 0.500. The van der Waals surface area contributed by atoms with E-state index in [1.165, 1.54) is 0 Å². The molecule has 0 aromatic carbocycles. The molecule has 2 amide bonds. The molecule has 1 aromatic heterocycles. The summed E-state index contributed by atoms with van der Waals surface area (Å²) in [6, 6.07) is 1.02. The Morgan fingerprint density at radius 3 is 2.60 bits per heavy atom. The van der Waals surface area contributed by atoms with Crippen molar-refractivity contribution in [3.63, 3.8) is 0 Å². The molecule has 8 nitrogen and oxygen atoms in total. The van der Waals surface area contributed by atoms with Gasteiger partial charge in [0.05, 0.1) is 6.54 Å². The van der Waals surface area contributed by atoms with Crippen LogP contribution in [0.1, 0.15) is 40.3 Å². The van der Waals surface area contributed by atoms with Crippen molar-refractivity contribution in [3.05, 3.63) is 17.5 Å². The van der Waals surface area contributed by atoms with Crippen molar-refractivity contribution in [1.29, 1.82) is 0 Å². The Kier molecular flexibility index (Phi) is 4.34. The zero-order valence-electron chi connectivity index (χ0n) is 10.8. The lowest BCUT2D eigenvalue weighted by molar-refractivity contribution is -0.130. The molecule has 2 rings (SSSR count). The Hall–Kier alpha value is -2.38. The van der Waals surface area contributed by atoms with Crippen LogP contribution < -0.4 is 5.32 Å². The molecule has 8 heteroatoms. The lowest BCUT2D eigenvalue weighted by Gasteiger charge is -2.26. The molecule has 0 atom stereocenters. The van der Waals surface area contributed by atoms with E-state index in [2.05, 4.69) is 15.0 Å². The summed E-state index contributed by atoms with van der Waals surface area (Å²) in [5.74, 6) is -2.51. The minimum absolute atomic E-state index is 0.131. The number of aromatic nitrogens is 1. The predicted molar refractivity (Wildman–Crippen MR) is 66.2 cm³/mol. The van der Waals surface area contributed by atoms with E-state index < -0.39 is 17.6 Å². The molecule has 1 aliphatic heterocycles. The largest absolute Gasteiger partial charge is 0.475 e. The first-order valence-electron chi connectivity index (χ1n) is 6.34. The average molecular weight is 281 g/mol. The number of carboxylic acid groups (broad SMARTS) is 1. The summed E-state index contributed by atoms with van der Waals surface area (Å²) in [6.07, 6.45) is 3.07. The van der Waals surface area contributed by atoms with Crippen molar-refractivity contribution in [2.75, 3.05) is 19.6 Å². The first-order chi connectivity index (χ1) is 9.58. The molecule has 1 aromatic rings. The molecule has 20 heavy (non-hydrogen) atoms. The Morgan fingerprint density at radius 2 is 2.00 bits per heavy atom. The standard InChI is InChI=1S/C12H15N3O5/c16-10(15-4-2-1-3-5-15)7-13-11(17)8-6-9(12(18)19)20-14-8/h6H,1-5,7H2,(H,13,17)(H,18,19). The van der Waals surface area contributed by atoms with Gasteiger partial charge in [-0.05, 0) is 19.3 Å². The molecule has 2 heterocycles. The van der Waals surface area contributed by atoms with E-state index in [1.807, 2.05) is 0 Å². The maximum atomic E-state index is 11.8. The van der Waals surface area contributed by atoms with E-state index in [0.717, 1.165) is 25.3 Å². The van der Waals surface area contributed by atoms with Crippen LogP contribution in [0, 0.1) is 0 Å². The van der Waals surface area contributed by atoms with Gasteiger partial charge in [0.1, 0.15) is 0 Å². The second-order valence-corrected chi connectivity index (χ2v) is 4.51. The summed E-state index contributed by atoms with van der Waals surface area (Å²) in [5, 5.41) is 14.4. The van der Waals surface area contributed by atoms with Gasteiger partial charge in [-0.15, -0.1) is 0 Å². The van der Waals surface area contributed by atoms with Gasteiger partial charge in [-0.2, -0.15) is 0 Å². The highest BCUT2D eigenvalue weighted by atomic mass is 16.5. The maximum absolute atomic E-state index is 11.8. The van der Waals surface area contributed by atoms with Crippen molar-refractivity contribution < 1.29 is 24.0 Å². The van der Waals surface area contributed by atoms with E-state index in [0.29, 0.717) is 13.1 Å². The monoisotopic (exact) mass is 281 g/mol. The molecule has 1 saturated heterocycles. The summed E-state index contributed by atoms with van der Waals surface area (Å²) in [4.78, 5) is 35.8. The van der Waals surface area contributed by atoms with Crippen molar-refractivity contribution in [2.24, 2.45) is 0 Å². The van der Waals surface area contributed by atoms with Crippen LogP contribution in [-0.4, -0.2) is 52.6 Å². The summed E-state index contributed by atoms with van der Waals surface area (Å²) in [5.41, 5.74) is -0.158. The van der Waals surface area contributed by atoms with Gasteiger partial charge >= 0.3 is 5.97 Å². The number of amides is 2. The molecular formula is C12H15N3O5. The number of nitrogens with zero attached hydrogens (tertiary/aromatic N) is 2. The summed E-state index contributed by atoms with van der Waals surface area (Å²) in [7, 11) is 0. The summed E-state index contributed by atoms with van der Waals surface area (Å²) in [6.45, 7) is 1.29. The van der Waals surface area contributed by atoms with Crippen LogP contribution in [0.2, 0.25) is 0 Å². The number of likely N-dealkylation sites (tertiary alicyclic amines) is 1. The number of carbonyl (C=O) groups excluding carboxylic acids is 2. The zero-order valence-corrected chi connectivity index (χ0v) is 10.8.